The summed E-state index contributed by atoms with van der Waals surface area (Å²) in [6.45, 7) is 0.738. The number of carbonyl (C=O) groups excluding carboxylic acids is 1. The van der Waals surface area contributed by atoms with Crippen molar-refractivity contribution in [3.8, 4) is 5.69 Å². The normalized spacial score (nSPS) is 31.0. The lowest BCUT2D eigenvalue weighted by molar-refractivity contribution is -0.0503. The van der Waals surface area contributed by atoms with Gasteiger partial charge in [-0.05, 0) is 79.9 Å². The van der Waals surface area contributed by atoms with Crippen molar-refractivity contribution in [2.24, 2.45) is 23.2 Å². The summed E-state index contributed by atoms with van der Waals surface area (Å²) in [5.74, 6) is 2.42. The minimum Gasteiger partial charge on any atom is -0.350 e. The molecule has 4 saturated carbocycles. The van der Waals surface area contributed by atoms with Crippen molar-refractivity contribution in [1.82, 2.24) is 15.1 Å². The number of hydrogen-bond acceptors (Lipinski definition) is 3. The zero-order valence-corrected chi connectivity index (χ0v) is 15.4. The average molecular weight is 363 g/mol. The molecule has 1 aromatic heterocycles. The van der Waals surface area contributed by atoms with Crippen molar-refractivity contribution in [2.75, 3.05) is 6.54 Å². The van der Waals surface area contributed by atoms with Crippen LogP contribution in [-0.4, -0.2) is 22.2 Å². The number of carbonyl (C=O) groups is 1. The van der Waals surface area contributed by atoms with Gasteiger partial charge in [-0.25, -0.2) is 0 Å². The first kappa shape index (κ1) is 16.7. The van der Waals surface area contributed by atoms with Gasteiger partial charge < -0.3 is 5.32 Å². The zero-order valence-electron chi connectivity index (χ0n) is 15.4. The summed E-state index contributed by atoms with van der Waals surface area (Å²) < 4.78 is 1.29. The summed E-state index contributed by atoms with van der Waals surface area (Å²) in [5.41, 5.74) is 1.01. The maximum absolute atomic E-state index is 12.7. The van der Waals surface area contributed by atoms with Gasteiger partial charge in [-0.1, -0.05) is 18.2 Å². The van der Waals surface area contributed by atoms with Gasteiger partial charge in [0.15, 0.2) is 0 Å². The van der Waals surface area contributed by atoms with Crippen LogP contribution in [0.1, 0.15) is 49.0 Å². The van der Waals surface area contributed by atoms with Gasteiger partial charge in [-0.3, -0.25) is 9.59 Å². The Morgan fingerprint density at radius 2 is 1.63 bits per heavy atom. The topological polar surface area (TPSA) is 64.0 Å². The predicted molar refractivity (Wildman–Crippen MR) is 103 cm³/mol. The van der Waals surface area contributed by atoms with Crippen LogP contribution < -0.4 is 10.9 Å². The van der Waals surface area contributed by atoms with Crippen LogP contribution in [0.4, 0.5) is 0 Å². The highest BCUT2D eigenvalue weighted by molar-refractivity contribution is 5.92. The Bertz CT molecular complexity index is 883. The Hall–Kier alpha value is -2.43. The third-order valence-corrected chi connectivity index (χ3v) is 6.82. The molecule has 4 fully saturated rings. The molecule has 5 nitrogen and oxygen atoms in total. The molecule has 1 aromatic carbocycles. The maximum atomic E-state index is 12.7. The van der Waals surface area contributed by atoms with E-state index in [1.165, 1.54) is 55.3 Å². The fraction of sp³-hybridized carbons (Fsp3) is 0.500. The standard InChI is InChI=1S/C22H25N3O2/c26-20-7-6-19(24-25(20)18-4-2-1-3-5-18)21(27)23-14-22-11-15-8-16(12-22)10-17(9-15)13-22/h1-7,15-17H,8-14H2,(H,23,27). The minimum atomic E-state index is -0.237. The van der Waals surface area contributed by atoms with E-state index < -0.39 is 0 Å². The van der Waals surface area contributed by atoms with Crippen molar-refractivity contribution in [3.05, 3.63) is 58.5 Å². The van der Waals surface area contributed by atoms with E-state index in [2.05, 4.69) is 10.4 Å². The van der Waals surface area contributed by atoms with E-state index in [1.54, 1.807) is 0 Å². The van der Waals surface area contributed by atoms with Gasteiger partial charge in [-0.15, -0.1) is 0 Å². The van der Waals surface area contributed by atoms with Gasteiger partial charge in [0, 0.05) is 12.6 Å². The van der Waals surface area contributed by atoms with Crippen molar-refractivity contribution in [1.29, 1.82) is 0 Å². The smallest absolute Gasteiger partial charge is 0.271 e. The quantitative estimate of drug-likeness (QED) is 0.907. The lowest BCUT2D eigenvalue weighted by Crippen LogP contribution is -2.51. The number of amides is 1. The molecule has 4 aliphatic rings. The lowest BCUT2D eigenvalue weighted by atomic mass is 9.49. The van der Waals surface area contributed by atoms with Crippen LogP contribution in [0.15, 0.2) is 47.3 Å². The van der Waals surface area contributed by atoms with Gasteiger partial charge in [0.05, 0.1) is 5.69 Å². The second-order valence-electron chi connectivity index (χ2n) is 8.90. The van der Waals surface area contributed by atoms with E-state index in [1.807, 2.05) is 30.3 Å². The van der Waals surface area contributed by atoms with Gasteiger partial charge in [0.2, 0.25) is 0 Å². The van der Waals surface area contributed by atoms with E-state index in [-0.39, 0.29) is 16.9 Å². The van der Waals surface area contributed by atoms with Crippen LogP contribution in [0, 0.1) is 23.2 Å². The van der Waals surface area contributed by atoms with Crippen LogP contribution in [0.5, 0.6) is 0 Å². The minimum absolute atomic E-state index is 0.185. The molecule has 5 heteroatoms. The van der Waals surface area contributed by atoms with E-state index in [0.717, 1.165) is 24.3 Å². The second kappa shape index (κ2) is 6.32. The molecule has 2 aromatic rings. The number of rotatable bonds is 4. The highest BCUT2D eigenvalue weighted by Gasteiger charge is 2.50. The molecular formula is C22H25N3O2. The molecule has 0 unspecified atom stereocenters. The van der Waals surface area contributed by atoms with Crippen LogP contribution in [0.2, 0.25) is 0 Å². The molecule has 4 bridgehead atoms. The third kappa shape index (κ3) is 3.09. The summed E-state index contributed by atoms with van der Waals surface area (Å²) in [6, 6.07) is 12.1. The summed E-state index contributed by atoms with van der Waals surface area (Å²) in [6.07, 6.45) is 7.98. The largest absolute Gasteiger partial charge is 0.350 e. The Kier molecular flexibility index (Phi) is 3.92. The van der Waals surface area contributed by atoms with Crippen molar-refractivity contribution < 1.29 is 4.79 Å². The molecular weight excluding hydrogens is 338 g/mol. The monoisotopic (exact) mass is 363 g/mol. The van der Waals surface area contributed by atoms with Crippen LogP contribution in [0.3, 0.4) is 0 Å². The van der Waals surface area contributed by atoms with Crippen LogP contribution in [-0.2, 0) is 0 Å². The van der Waals surface area contributed by atoms with E-state index in [9.17, 15) is 9.59 Å². The van der Waals surface area contributed by atoms with Crippen LogP contribution >= 0.6 is 0 Å². The number of para-hydroxylation sites is 1. The first-order chi connectivity index (χ1) is 13.1. The molecule has 140 valence electrons. The second-order valence-corrected chi connectivity index (χ2v) is 8.90. The summed E-state index contributed by atoms with van der Waals surface area (Å²) in [7, 11) is 0. The van der Waals surface area contributed by atoms with Crippen molar-refractivity contribution in [3.63, 3.8) is 0 Å². The molecule has 4 aliphatic carbocycles. The number of nitrogens with one attached hydrogen (secondary N) is 1. The molecule has 6 rings (SSSR count). The van der Waals surface area contributed by atoms with Gasteiger partial charge in [0.25, 0.3) is 11.5 Å². The summed E-state index contributed by atoms with van der Waals surface area (Å²) >= 11 is 0. The maximum Gasteiger partial charge on any atom is 0.271 e. The third-order valence-electron chi connectivity index (χ3n) is 6.82. The van der Waals surface area contributed by atoms with E-state index in [4.69, 9.17) is 0 Å². The lowest BCUT2D eigenvalue weighted by Gasteiger charge is -2.56. The SMILES string of the molecule is O=C(NCC12CC3CC(CC(C3)C1)C2)c1ccc(=O)n(-c2ccccc2)n1. The number of hydrogen-bond donors (Lipinski definition) is 1. The van der Waals surface area contributed by atoms with Gasteiger partial charge in [0.1, 0.15) is 5.69 Å². The molecule has 1 N–H and O–H groups in total. The zero-order chi connectivity index (χ0) is 18.4. The molecule has 27 heavy (non-hydrogen) atoms. The highest BCUT2D eigenvalue weighted by atomic mass is 16.2. The first-order valence-corrected chi connectivity index (χ1v) is 10.0. The highest BCUT2D eigenvalue weighted by Crippen LogP contribution is 2.59. The van der Waals surface area contributed by atoms with E-state index in [0.29, 0.717) is 11.4 Å². The molecule has 1 heterocycles. The van der Waals surface area contributed by atoms with Crippen molar-refractivity contribution >= 4 is 5.91 Å². The molecule has 0 atom stereocenters. The summed E-state index contributed by atoms with van der Waals surface area (Å²) in [4.78, 5) is 24.9. The molecule has 1 amide bonds. The Balaban J connectivity index is 1.33. The molecule has 0 spiro atoms. The first-order valence-electron chi connectivity index (χ1n) is 10.0. The van der Waals surface area contributed by atoms with Crippen LogP contribution in [0.25, 0.3) is 5.69 Å². The number of benzene rings is 1. The van der Waals surface area contributed by atoms with E-state index >= 15 is 0 Å². The van der Waals surface area contributed by atoms with Crippen molar-refractivity contribution in [2.45, 2.75) is 38.5 Å². The summed E-state index contributed by atoms with van der Waals surface area (Å²) in [5, 5.41) is 7.44. The molecule has 0 saturated heterocycles. The predicted octanol–water partition coefficient (Wildman–Crippen LogP) is 3.18. The Labute approximate surface area is 158 Å². The molecule has 0 aliphatic heterocycles. The number of nitrogens with zero attached hydrogens (tertiary/aromatic N) is 2. The fourth-order valence-electron chi connectivity index (χ4n) is 6.15. The number of aromatic nitrogens is 2. The van der Waals surface area contributed by atoms with Gasteiger partial charge >= 0.3 is 0 Å². The Morgan fingerprint density at radius 3 is 2.26 bits per heavy atom. The average Bonchev–Trinajstić information content (AvgIpc) is 2.66. The molecule has 0 radical (unpaired) electrons. The van der Waals surface area contributed by atoms with Gasteiger partial charge in [-0.2, -0.15) is 9.78 Å². The Morgan fingerprint density at radius 1 is 1.00 bits per heavy atom. The fourth-order valence-corrected chi connectivity index (χ4v) is 6.15.